The first-order chi connectivity index (χ1) is 7.90. The highest BCUT2D eigenvalue weighted by molar-refractivity contribution is 7.09. The predicted molar refractivity (Wildman–Crippen MR) is 71.2 cm³/mol. The third-order valence-electron chi connectivity index (χ3n) is 2.55. The molecule has 0 aliphatic carbocycles. The van der Waals surface area contributed by atoms with Gasteiger partial charge in [0.25, 0.3) is 0 Å². The lowest BCUT2D eigenvalue weighted by Crippen LogP contribution is -2.20. The normalized spacial score (nSPS) is 12.8. The van der Waals surface area contributed by atoms with E-state index in [1.807, 2.05) is 11.7 Å². The molecule has 0 amide bonds. The maximum absolute atomic E-state index is 4.15. The number of aromatic nitrogens is 1. The summed E-state index contributed by atoms with van der Waals surface area (Å²) < 4.78 is 0. The molecule has 2 rings (SSSR count). The van der Waals surface area contributed by atoms with Crippen LogP contribution in [-0.2, 0) is 6.42 Å². The second-order valence-corrected chi connectivity index (χ2v) is 5.38. The van der Waals surface area contributed by atoms with Crippen molar-refractivity contribution in [2.75, 3.05) is 6.54 Å². The molecule has 0 fully saturated rings. The van der Waals surface area contributed by atoms with Crippen LogP contribution in [0, 0.1) is 0 Å². The molecule has 0 radical (unpaired) electrons. The van der Waals surface area contributed by atoms with Gasteiger partial charge in [-0.15, -0.1) is 11.3 Å². The number of nitrogens with zero attached hydrogens (tertiary/aromatic N) is 1. The summed E-state index contributed by atoms with van der Waals surface area (Å²) in [5, 5.41) is 7.90. The number of rotatable bonds is 6. The monoisotopic (exact) mass is 252 g/mol. The molecule has 2 nitrogen and oxygen atoms in total. The highest BCUT2D eigenvalue weighted by atomic mass is 32.1. The van der Waals surface area contributed by atoms with Gasteiger partial charge in [0, 0.05) is 17.1 Å². The van der Waals surface area contributed by atoms with Gasteiger partial charge in [0.05, 0.1) is 5.51 Å². The second kappa shape index (κ2) is 6.13. The molecular weight excluding hydrogens is 236 g/mol. The smallest absolute Gasteiger partial charge is 0.0794 e. The molecule has 0 saturated carbocycles. The Hall–Kier alpha value is -0.710. The standard InChI is InChI=1S/C12H16N2S2/c1-2-14-11(12-7-13-9-16-12)4-3-10-5-6-15-8-10/h5-9,11,14H,2-4H2,1H3. The number of thiophene rings is 1. The molecular formula is C12H16N2S2. The summed E-state index contributed by atoms with van der Waals surface area (Å²) in [6.45, 7) is 3.16. The van der Waals surface area contributed by atoms with E-state index in [0.717, 1.165) is 19.4 Å². The summed E-state index contributed by atoms with van der Waals surface area (Å²) >= 11 is 3.51. The van der Waals surface area contributed by atoms with Gasteiger partial charge in [-0.2, -0.15) is 11.3 Å². The fourth-order valence-corrected chi connectivity index (χ4v) is 3.17. The van der Waals surface area contributed by atoms with E-state index < -0.39 is 0 Å². The third kappa shape index (κ3) is 3.14. The highest BCUT2D eigenvalue weighted by Crippen LogP contribution is 2.22. The lowest BCUT2D eigenvalue weighted by Gasteiger charge is -2.15. The van der Waals surface area contributed by atoms with Crippen molar-refractivity contribution in [3.8, 4) is 0 Å². The number of nitrogens with one attached hydrogen (secondary N) is 1. The van der Waals surface area contributed by atoms with Crippen LogP contribution in [0.15, 0.2) is 28.5 Å². The Bertz CT molecular complexity index is 381. The molecule has 0 aromatic carbocycles. The van der Waals surface area contributed by atoms with E-state index in [-0.39, 0.29) is 0 Å². The molecule has 16 heavy (non-hydrogen) atoms. The van der Waals surface area contributed by atoms with Crippen LogP contribution in [0.1, 0.15) is 29.8 Å². The van der Waals surface area contributed by atoms with Gasteiger partial charge in [-0.25, -0.2) is 0 Å². The molecule has 2 aromatic rings. The van der Waals surface area contributed by atoms with Crippen molar-refractivity contribution in [2.24, 2.45) is 0 Å². The number of thiazole rings is 1. The molecule has 1 unspecified atom stereocenters. The van der Waals surface area contributed by atoms with Gasteiger partial charge in [-0.05, 0) is 41.8 Å². The Kier molecular flexibility index (Phi) is 4.51. The van der Waals surface area contributed by atoms with Gasteiger partial charge >= 0.3 is 0 Å². The van der Waals surface area contributed by atoms with Crippen molar-refractivity contribution < 1.29 is 0 Å². The maximum atomic E-state index is 4.15. The summed E-state index contributed by atoms with van der Waals surface area (Å²) in [7, 11) is 0. The molecule has 1 atom stereocenters. The van der Waals surface area contributed by atoms with E-state index in [9.17, 15) is 0 Å². The lowest BCUT2D eigenvalue weighted by atomic mass is 10.1. The maximum Gasteiger partial charge on any atom is 0.0794 e. The first-order valence-corrected chi connectivity index (χ1v) is 7.35. The van der Waals surface area contributed by atoms with Gasteiger partial charge in [0.15, 0.2) is 0 Å². The van der Waals surface area contributed by atoms with Gasteiger partial charge in [0.2, 0.25) is 0 Å². The lowest BCUT2D eigenvalue weighted by molar-refractivity contribution is 0.522. The van der Waals surface area contributed by atoms with E-state index in [4.69, 9.17) is 0 Å². The number of aryl methyl sites for hydroxylation is 1. The Balaban J connectivity index is 1.93. The number of hydrogen-bond donors (Lipinski definition) is 1. The quantitative estimate of drug-likeness (QED) is 0.851. The zero-order valence-corrected chi connectivity index (χ0v) is 11.0. The fraction of sp³-hybridized carbons (Fsp3) is 0.417. The zero-order chi connectivity index (χ0) is 11.2. The SMILES string of the molecule is CCNC(CCc1ccsc1)c1cncs1. The van der Waals surface area contributed by atoms with Crippen LogP contribution in [0.3, 0.4) is 0 Å². The van der Waals surface area contributed by atoms with Gasteiger partial charge in [-0.1, -0.05) is 6.92 Å². The summed E-state index contributed by atoms with van der Waals surface area (Å²) in [4.78, 5) is 5.50. The van der Waals surface area contributed by atoms with Crippen molar-refractivity contribution in [3.63, 3.8) is 0 Å². The van der Waals surface area contributed by atoms with Crippen LogP contribution >= 0.6 is 22.7 Å². The minimum absolute atomic E-state index is 0.456. The molecule has 0 aliphatic rings. The first kappa shape index (κ1) is 11.8. The van der Waals surface area contributed by atoms with Gasteiger partial charge in [0.1, 0.15) is 0 Å². The molecule has 2 heterocycles. The molecule has 0 saturated heterocycles. The average Bonchev–Trinajstić information content (AvgIpc) is 2.96. The molecule has 2 aromatic heterocycles. The Morgan fingerprint density at radius 1 is 1.50 bits per heavy atom. The first-order valence-electron chi connectivity index (χ1n) is 5.53. The Labute approximate surface area is 104 Å². The summed E-state index contributed by atoms with van der Waals surface area (Å²) in [6.07, 6.45) is 4.26. The van der Waals surface area contributed by atoms with Crippen LogP contribution in [0.25, 0.3) is 0 Å². The van der Waals surface area contributed by atoms with Crippen LogP contribution in [-0.4, -0.2) is 11.5 Å². The van der Waals surface area contributed by atoms with Crippen molar-refractivity contribution in [1.29, 1.82) is 0 Å². The Morgan fingerprint density at radius 3 is 3.06 bits per heavy atom. The molecule has 4 heteroatoms. The summed E-state index contributed by atoms with van der Waals surface area (Å²) in [6, 6.07) is 2.66. The van der Waals surface area contributed by atoms with Crippen molar-refractivity contribution in [3.05, 3.63) is 39.0 Å². The van der Waals surface area contributed by atoms with Gasteiger partial charge < -0.3 is 5.32 Å². The van der Waals surface area contributed by atoms with Crippen LogP contribution in [0.5, 0.6) is 0 Å². The third-order valence-corrected chi connectivity index (χ3v) is 4.17. The highest BCUT2D eigenvalue weighted by Gasteiger charge is 2.11. The minimum Gasteiger partial charge on any atom is -0.309 e. The van der Waals surface area contributed by atoms with Crippen LogP contribution in [0.2, 0.25) is 0 Å². The van der Waals surface area contributed by atoms with Gasteiger partial charge in [-0.3, -0.25) is 4.98 Å². The second-order valence-electron chi connectivity index (χ2n) is 3.68. The minimum atomic E-state index is 0.456. The van der Waals surface area contributed by atoms with Crippen LogP contribution < -0.4 is 5.32 Å². The van der Waals surface area contributed by atoms with Crippen molar-refractivity contribution in [1.82, 2.24) is 10.3 Å². The predicted octanol–water partition coefficient (Wildman–Crippen LogP) is 3.49. The average molecular weight is 252 g/mol. The van der Waals surface area contributed by atoms with E-state index in [2.05, 4.69) is 34.1 Å². The van der Waals surface area contributed by atoms with Crippen LogP contribution in [0.4, 0.5) is 0 Å². The molecule has 0 aliphatic heterocycles. The summed E-state index contributed by atoms with van der Waals surface area (Å²) in [5.41, 5.74) is 3.35. The van der Waals surface area contributed by atoms with E-state index >= 15 is 0 Å². The van der Waals surface area contributed by atoms with E-state index in [1.165, 1.54) is 10.4 Å². The molecule has 86 valence electrons. The summed E-state index contributed by atoms with van der Waals surface area (Å²) in [5.74, 6) is 0. The van der Waals surface area contributed by atoms with E-state index in [0.29, 0.717) is 6.04 Å². The van der Waals surface area contributed by atoms with E-state index in [1.54, 1.807) is 22.7 Å². The topological polar surface area (TPSA) is 24.9 Å². The fourth-order valence-electron chi connectivity index (χ4n) is 1.73. The van der Waals surface area contributed by atoms with Crippen molar-refractivity contribution >= 4 is 22.7 Å². The molecule has 0 bridgehead atoms. The largest absolute Gasteiger partial charge is 0.309 e. The number of hydrogen-bond acceptors (Lipinski definition) is 4. The van der Waals surface area contributed by atoms with Crippen molar-refractivity contribution in [2.45, 2.75) is 25.8 Å². The Morgan fingerprint density at radius 2 is 2.44 bits per heavy atom. The zero-order valence-electron chi connectivity index (χ0n) is 9.35. The molecule has 1 N–H and O–H groups in total. The molecule has 0 spiro atoms.